The second-order valence-corrected chi connectivity index (χ2v) is 6.48. The number of hydrogen-bond donors (Lipinski definition) is 1. The van der Waals surface area contributed by atoms with Crippen molar-refractivity contribution in [2.24, 2.45) is 0 Å². The maximum Gasteiger partial charge on any atom is 0.263 e. The van der Waals surface area contributed by atoms with Gasteiger partial charge >= 0.3 is 0 Å². The number of ether oxygens (including phenoxy) is 2. The Balaban J connectivity index is 1.66. The molecule has 28 heavy (non-hydrogen) atoms. The molecule has 3 aromatic rings. The Labute approximate surface area is 163 Å². The zero-order chi connectivity index (χ0) is 20.1. The lowest BCUT2D eigenvalue weighted by Crippen LogP contribution is -2.21. The van der Waals surface area contributed by atoms with Crippen LogP contribution in [0.3, 0.4) is 0 Å². The van der Waals surface area contributed by atoms with Crippen molar-refractivity contribution in [3.63, 3.8) is 0 Å². The fraction of sp³-hybridized carbons (Fsp3) is 0.286. The topological polar surface area (TPSA) is 86.5 Å². The molecule has 1 heterocycles. The van der Waals surface area contributed by atoms with Gasteiger partial charge in [-0.15, -0.1) is 0 Å². The first-order valence-electron chi connectivity index (χ1n) is 9.04. The number of amides is 1. The maximum absolute atomic E-state index is 12.3. The van der Waals surface area contributed by atoms with Crippen LogP contribution in [-0.4, -0.2) is 29.4 Å². The summed E-state index contributed by atoms with van der Waals surface area (Å²) in [7, 11) is 0. The SMILES string of the molecule is CCOc1ccc(-c2nonc2NC(=O)COc2c(C)cc(C)cc2C)cc1. The predicted molar refractivity (Wildman–Crippen MR) is 106 cm³/mol. The molecular formula is C21H23N3O4. The van der Waals surface area contributed by atoms with Gasteiger partial charge in [0, 0.05) is 5.56 Å². The highest BCUT2D eigenvalue weighted by atomic mass is 16.6. The summed E-state index contributed by atoms with van der Waals surface area (Å²) in [5.41, 5.74) is 4.33. The molecule has 0 unspecified atom stereocenters. The van der Waals surface area contributed by atoms with Crippen LogP contribution in [0.4, 0.5) is 5.82 Å². The third-order valence-corrected chi connectivity index (χ3v) is 4.14. The van der Waals surface area contributed by atoms with Crippen molar-refractivity contribution in [1.82, 2.24) is 10.3 Å². The van der Waals surface area contributed by atoms with E-state index in [-0.39, 0.29) is 18.3 Å². The summed E-state index contributed by atoms with van der Waals surface area (Å²) in [4.78, 5) is 12.3. The molecule has 0 atom stereocenters. The lowest BCUT2D eigenvalue weighted by molar-refractivity contribution is -0.118. The fourth-order valence-corrected chi connectivity index (χ4v) is 3.04. The summed E-state index contributed by atoms with van der Waals surface area (Å²) in [6.45, 7) is 8.31. The van der Waals surface area contributed by atoms with Crippen molar-refractivity contribution >= 4 is 11.7 Å². The highest BCUT2D eigenvalue weighted by molar-refractivity contribution is 5.94. The van der Waals surface area contributed by atoms with Crippen molar-refractivity contribution in [1.29, 1.82) is 0 Å². The number of nitrogens with one attached hydrogen (secondary N) is 1. The molecule has 1 amide bonds. The van der Waals surface area contributed by atoms with E-state index in [2.05, 4.69) is 15.6 Å². The highest BCUT2D eigenvalue weighted by Crippen LogP contribution is 2.27. The first-order chi connectivity index (χ1) is 13.5. The number of carbonyl (C=O) groups excluding carboxylic acids is 1. The molecule has 7 nitrogen and oxygen atoms in total. The molecule has 146 valence electrons. The van der Waals surface area contributed by atoms with Gasteiger partial charge in [-0.1, -0.05) is 17.7 Å². The van der Waals surface area contributed by atoms with Crippen LogP contribution < -0.4 is 14.8 Å². The van der Waals surface area contributed by atoms with Crippen molar-refractivity contribution in [2.75, 3.05) is 18.5 Å². The molecule has 3 rings (SSSR count). The molecule has 7 heteroatoms. The van der Waals surface area contributed by atoms with E-state index >= 15 is 0 Å². The molecule has 1 aromatic heterocycles. The van der Waals surface area contributed by atoms with Crippen molar-refractivity contribution < 1.29 is 18.9 Å². The van der Waals surface area contributed by atoms with Crippen LogP contribution in [0.2, 0.25) is 0 Å². The van der Waals surface area contributed by atoms with E-state index in [0.717, 1.165) is 28.0 Å². The van der Waals surface area contributed by atoms with Crippen molar-refractivity contribution in [3.8, 4) is 22.8 Å². The Bertz CT molecular complexity index is 941. The first-order valence-corrected chi connectivity index (χ1v) is 9.04. The van der Waals surface area contributed by atoms with Gasteiger partial charge in [0.25, 0.3) is 5.91 Å². The molecule has 0 bridgehead atoms. The number of carbonyl (C=O) groups is 1. The summed E-state index contributed by atoms with van der Waals surface area (Å²) in [6, 6.07) is 11.3. The number of rotatable bonds is 7. The monoisotopic (exact) mass is 381 g/mol. The largest absolute Gasteiger partial charge is 0.494 e. The zero-order valence-corrected chi connectivity index (χ0v) is 16.4. The summed E-state index contributed by atoms with van der Waals surface area (Å²) < 4.78 is 15.9. The molecule has 0 spiro atoms. The van der Waals surface area contributed by atoms with Crippen LogP contribution in [0, 0.1) is 20.8 Å². The lowest BCUT2D eigenvalue weighted by atomic mass is 10.1. The second-order valence-electron chi connectivity index (χ2n) is 6.48. The number of hydrogen-bond acceptors (Lipinski definition) is 6. The van der Waals surface area contributed by atoms with Crippen LogP contribution in [0.25, 0.3) is 11.3 Å². The van der Waals surface area contributed by atoms with E-state index in [0.29, 0.717) is 18.1 Å². The quantitative estimate of drug-likeness (QED) is 0.664. The van der Waals surface area contributed by atoms with Gasteiger partial charge in [0.1, 0.15) is 11.5 Å². The number of anilines is 1. The average molecular weight is 381 g/mol. The van der Waals surface area contributed by atoms with Gasteiger partial charge in [-0.2, -0.15) is 0 Å². The molecule has 0 saturated heterocycles. The summed E-state index contributed by atoms with van der Waals surface area (Å²) in [6.07, 6.45) is 0. The number of aromatic nitrogens is 2. The minimum absolute atomic E-state index is 0.139. The minimum atomic E-state index is -0.345. The van der Waals surface area contributed by atoms with Crippen LogP contribution in [0.5, 0.6) is 11.5 Å². The second kappa shape index (κ2) is 8.56. The van der Waals surface area contributed by atoms with Crippen LogP contribution in [-0.2, 0) is 4.79 Å². The molecule has 0 fully saturated rings. The van der Waals surface area contributed by atoms with Gasteiger partial charge < -0.3 is 14.8 Å². The van der Waals surface area contributed by atoms with Gasteiger partial charge in [-0.05, 0) is 73.4 Å². The molecule has 0 aliphatic carbocycles. The molecule has 0 aliphatic heterocycles. The first kappa shape index (κ1) is 19.4. The van der Waals surface area contributed by atoms with Gasteiger partial charge in [0.05, 0.1) is 6.61 Å². The standard InChI is InChI=1S/C21H23N3O4/c1-5-26-17-8-6-16(7-9-17)19-21(24-28-23-19)22-18(25)12-27-20-14(3)10-13(2)11-15(20)4/h6-11H,5,12H2,1-4H3,(H,22,24,25). The fourth-order valence-electron chi connectivity index (χ4n) is 3.04. The van der Waals surface area contributed by atoms with E-state index in [4.69, 9.17) is 14.1 Å². The summed E-state index contributed by atoms with van der Waals surface area (Å²) in [5, 5.41) is 10.4. The van der Waals surface area contributed by atoms with Gasteiger partial charge in [-0.3, -0.25) is 4.79 Å². The van der Waals surface area contributed by atoms with E-state index in [9.17, 15) is 4.79 Å². The van der Waals surface area contributed by atoms with E-state index in [1.54, 1.807) is 0 Å². The van der Waals surface area contributed by atoms with Gasteiger partial charge in [0.15, 0.2) is 12.3 Å². The Hall–Kier alpha value is -3.35. The van der Waals surface area contributed by atoms with Gasteiger partial charge in [-0.25, -0.2) is 4.63 Å². The van der Waals surface area contributed by atoms with Crippen molar-refractivity contribution in [2.45, 2.75) is 27.7 Å². The zero-order valence-electron chi connectivity index (χ0n) is 16.4. The molecule has 2 aromatic carbocycles. The van der Waals surface area contributed by atoms with Crippen LogP contribution in [0.15, 0.2) is 41.0 Å². The predicted octanol–water partition coefficient (Wildman–Crippen LogP) is 4.08. The van der Waals surface area contributed by atoms with Crippen LogP contribution in [0.1, 0.15) is 23.6 Å². The third-order valence-electron chi connectivity index (χ3n) is 4.14. The summed E-state index contributed by atoms with van der Waals surface area (Å²) >= 11 is 0. The van der Waals surface area contributed by atoms with E-state index in [1.165, 1.54) is 0 Å². The minimum Gasteiger partial charge on any atom is -0.494 e. The normalized spacial score (nSPS) is 10.6. The molecular weight excluding hydrogens is 358 g/mol. The number of nitrogens with zero attached hydrogens (tertiary/aromatic N) is 2. The Kier molecular flexibility index (Phi) is 5.93. The molecule has 0 radical (unpaired) electrons. The number of benzene rings is 2. The van der Waals surface area contributed by atoms with Crippen molar-refractivity contribution in [3.05, 3.63) is 53.1 Å². The molecule has 0 saturated carbocycles. The molecule has 0 aliphatic rings. The highest BCUT2D eigenvalue weighted by Gasteiger charge is 2.16. The maximum atomic E-state index is 12.3. The Morgan fingerprint density at radius 3 is 2.36 bits per heavy atom. The van der Waals surface area contributed by atoms with Crippen LogP contribution >= 0.6 is 0 Å². The Morgan fingerprint density at radius 1 is 1.04 bits per heavy atom. The Morgan fingerprint density at radius 2 is 1.71 bits per heavy atom. The smallest absolute Gasteiger partial charge is 0.263 e. The van der Waals surface area contributed by atoms with Gasteiger partial charge in [0.2, 0.25) is 5.82 Å². The average Bonchev–Trinajstić information content (AvgIpc) is 3.09. The molecule has 1 N–H and O–H groups in total. The lowest BCUT2D eigenvalue weighted by Gasteiger charge is -2.12. The third kappa shape index (κ3) is 4.49. The summed E-state index contributed by atoms with van der Waals surface area (Å²) in [5.74, 6) is 1.37. The van der Waals surface area contributed by atoms with E-state index < -0.39 is 0 Å². The van der Waals surface area contributed by atoms with E-state index in [1.807, 2.05) is 64.1 Å². The number of aryl methyl sites for hydroxylation is 3.